The number of rotatable bonds is 4. The van der Waals surface area contributed by atoms with E-state index < -0.39 is 5.97 Å². The number of carboxylic acid groups (broad SMARTS) is 1. The molecule has 0 aliphatic carbocycles. The molecular weight excluding hydrogens is 331 g/mol. The third-order valence-electron chi connectivity index (χ3n) is 2.27. The molecule has 0 bridgehead atoms. The Bertz CT molecular complexity index is 544. The molecule has 0 aliphatic rings. The van der Waals surface area contributed by atoms with Gasteiger partial charge in [0.05, 0.1) is 10.7 Å². The summed E-state index contributed by atoms with van der Waals surface area (Å²) in [6.07, 6.45) is 5.46. The second-order valence-corrected chi connectivity index (χ2v) is 4.18. The lowest BCUT2D eigenvalue weighted by Crippen LogP contribution is -2.29. The van der Waals surface area contributed by atoms with Crippen LogP contribution in [0, 0.1) is 6.92 Å². The highest BCUT2D eigenvalue weighted by atomic mass is 127. The van der Waals surface area contributed by atoms with Gasteiger partial charge in [-0.2, -0.15) is 0 Å². The summed E-state index contributed by atoms with van der Waals surface area (Å²) in [6, 6.07) is 0. The minimum Gasteiger partial charge on any atom is -0.478 e. The van der Waals surface area contributed by atoms with Gasteiger partial charge in [-0.25, -0.2) is 9.78 Å². The minimum atomic E-state index is -0.945. The number of aromatic nitrogens is 2. The van der Waals surface area contributed by atoms with Crippen LogP contribution in [0.4, 0.5) is 0 Å². The maximum Gasteiger partial charge on any atom is 0.328 e. The van der Waals surface area contributed by atoms with Crippen molar-refractivity contribution in [3.05, 3.63) is 28.7 Å². The molecule has 0 fully saturated rings. The average molecular weight is 346 g/mol. The zero-order valence-electron chi connectivity index (χ0n) is 9.85. The highest BCUT2D eigenvalue weighted by Crippen LogP contribution is 1.91. The Morgan fingerprint density at radius 3 is 2.82 bits per heavy atom. The van der Waals surface area contributed by atoms with E-state index in [1.165, 1.54) is 6.08 Å². The lowest BCUT2D eigenvalue weighted by Gasteiger charge is -2.01. The molecule has 92 valence electrons. The first-order valence-electron chi connectivity index (χ1n) is 5.35. The van der Waals surface area contributed by atoms with Crippen molar-refractivity contribution in [1.29, 1.82) is 0 Å². The van der Waals surface area contributed by atoms with E-state index >= 15 is 0 Å². The van der Waals surface area contributed by atoms with E-state index in [0.717, 1.165) is 35.6 Å². The average Bonchev–Trinajstić information content (AvgIpc) is 2.57. The minimum absolute atomic E-state index is 0.881. The Kier molecular flexibility index (Phi) is 5.40. The molecule has 0 radical (unpaired) electrons. The van der Waals surface area contributed by atoms with Crippen molar-refractivity contribution in [3.63, 3.8) is 0 Å². The lowest BCUT2D eigenvalue weighted by molar-refractivity contribution is -0.131. The summed E-state index contributed by atoms with van der Waals surface area (Å²) < 4.78 is 3.99. The summed E-state index contributed by atoms with van der Waals surface area (Å²) in [5, 5.41) is 10.4. The van der Waals surface area contributed by atoms with E-state index in [1.807, 2.05) is 11.0 Å². The molecule has 17 heavy (non-hydrogen) atoms. The standard InChI is InChI=1S/C12H15IN2O2/c1-3-7-15-9(2)14-10(8-13)11(15)5-4-6-12(16)17/h4-6,8H,3,7H2,1-2H3,(H,16,17)/b6-4+,10-8+,11-5+. The maximum atomic E-state index is 10.4. The molecule has 0 atom stereocenters. The molecule has 0 aromatic carbocycles. The molecule has 1 aromatic heterocycles. The molecule has 0 unspecified atom stereocenters. The molecule has 0 amide bonds. The van der Waals surface area contributed by atoms with Gasteiger partial charge in [-0.15, -0.1) is 0 Å². The number of hydrogen-bond donors (Lipinski definition) is 1. The van der Waals surface area contributed by atoms with Gasteiger partial charge in [0.15, 0.2) is 0 Å². The fraction of sp³-hybridized carbons (Fsp3) is 0.333. The Balaban J connectivity index is 3.33. The van der Waals surface area contributed by atoms with E-state index in [4.69, 9.17) is 5.11 Å². The van der Waals surface area contributed by atoms with Crippen LogP contribution < -0.4 is 10.7 Å². The van der Waals surface area contributed by atoms with Crippen molar-refractivity contribution in [2.45, 2.75) is 26.8 Å². The van der Waals surface area contributed by atoms with Crippen LogP contribution in [-0.4, -0.2) is 20.6 Å². The molecule has 1 N–H and O–H groups in total. The van der Waals surface area contributed by atoms with Gasteiger partial charge in [0, 0.05) is 16.7 Å². The molecule has 1 aromatic rings. The molecular formula is C12H15IN2O2. The second-order valence-electron chi connectivity index (χ2n) is 3.55. The number of aryl methyl sites for hydroxylation is 1. The number of carboxylic acids is 1. The van der Waals surface area contributed by atoms with Crippen molar-refractivity contribution >= 4 is 38.7 Å². The van der Waals surface area contributed by atoms with Crippen molar-refractivity contribution in [2.75, 3.05) is 0 Å². The van der Waals surface area contributed by atoms with Gasteiger partial charge in [0.25, 0.3) is 0 Å². The van der Waals surface area contributed by atoms with Crippen LogP contribution >= 0.6 is 22.6 Å². The summed E-state index contributed by atoms with van der Waals surface area (Å²) in [4.78, 5) is 14.9. The van der Waals surface area contributed by atoms with Gasteiger partial charge in [-0.05, 0) is 19.4 Å². The van der Waals surface area contributed by atoms with E-state index in [-0.39, 0.29) is 0 Å². The van der Waals surface area contributed by atoms with Crippen LogP contribution in [0.15, 0.2) is 12.2 Å². The van der Waals surface area contributed by atoms with Gasteiger partial charge in [0.2, 0.25) is 0 Å². The summed E-state index contributed by atoms with van der Waals surface area (Å²) in [5.74, 6) is 0.00396. The number of imidazole rings is 1. The molecule has 0 spiro atoms. The largest absolute Gasteiger partial charge is 0.478 e. The zero-order chi connectivity index (χ0) is 12.8. The summed E-state index contributed by atoms with van der Waals surface area (Å²) in [6.45, 7) is 4.94. The van der Waals surface area contributed by atoms with E-state index in [0.29, 0.717) is 0 Å². The first kappa shape index (κ1) is 14.0. The fourth-order valence-electron chi connectivity index (χ4n) is 1.59. The van der Waals surface area contributed by atoms with Gasteiger partial charge < -0.3 is 9.67 Å². The molecule has 1 rings (SSSR count). The van der Waals surface area contributed by atoms with Crippen molar-refractivity contribution < 1.29 is 9.90 Å². The van der Waals surface area contributed by atoms with E-state index in [9.17, 15) is 4.79 Å². The van der Waals surface area contributed by atoms with Gasteiger partial charge in [-0.1, -0.05) is 35.6 Å². The van der Waals surface area contributed by atoms with E-state index in [1.54, 1.807) is 6.08 Å². The highest BCUT2D eigenvalue weighted by Gasteiger charge is 2.01. The van der Waals surface area contributed by atoms with Gasteiger partial charge >= 0.3 is 5.97 Å². The number of allylic oxidation sites excluding steroid dienone is 1. The van der Waals surface area contributed by atoms with Crippen LogP contribution in [0.25, 0.3) is 10.2 Å². The quantitative estimate of drug-likeness (QED) is 0.658. The number of nitrogens with zero attached hydrogens (tertiary/aromatic N) is 2. The number of halogens is 1. The first-order valence-corrected chi connectivity index (χ1v) is 6.59. The molecule has 4 nitrogen and oxygen atoms in total. The smallest absolute Gasteiger partial charge is 0.328 e. The van der Waals surface area contributed by atoms with Crippen LogP contribution in [0.3, 0.4) is 0 Å². The van der Waals surface area contributed by atoms with Crippen LogP contribution in [0.1, 0.15) is 19.2 Å². The normalized spacial score (nSPS) is 13.8. The highest BCUT2D eigenvalue weighted by molar-refractivity contribution is 14.1. The predicted octanol–water partition coefficient (Wildman–Crippen LogP) is 1.20. The molecule has 0 aliphatic heterocycles. The molecule has 0 saturated carbocycles. The Hall–Kier alpha value is -1.11. The Labute approximate surface area is 114 Å². The monoisotopic (exact) mass is 346 g/mol. The SMILES string of the molecule is CCCn1c(C)nc(=C/I)/c1=C\C=C\C(=O)O. The number of carbonyl (C=O) groups is 1. The lowest BCUT2D eigenvalue weighted by atomic mass is 10.4. The third kappa shape index (κ3) is 3.69. The predicted molar refractivity (Wildman–Crippen MR) is 76.2 cm³/mol. The van der Waals surface area contributed by atoms with Crippen LogP contribution in [-0.2, 0) is 11.3 Å². The fourth-order valence-corrected chi connectivity index (χ4v) is 2.05. The Morgan fingerprint density at radius 1 is 1.59 bits per heavy atom. The van der Waals surface area contributed by atoms with Crippen molar-refractivity contribution in [3.8, 4) is 0 Å². The topological polar surface area (TPSA) is 55.1 Å². The molecule has 1 heterocycles. The summed E-state index contributed by atoms with van der Waals surface area (Å²) >= 11 is 2.14. The van der Waals surface area contributed by atoms with E-state index in [2.05, 4.69) is 39.1 Å². The van der Waals surface area contributed by atoms with Crippen molar-refractivity contribution in [1.82, 2.24) is 9.55 Å². The van der Waals surface area contributed by atoms with Gasteiger partial charge in [-0.3, -0.25) is 0 Å². The van der Waals surface area contributed by atoms with Crippen LogP contribution in [0.2, 0.25) is 0 Å². The summed E-state index contributed by atoms with van der Waals surface area (Å²) in [5.41, 5.74) is 0. The second kappa shape index (κ2) is 6.58. The Morgan fingerprint density at radius 2 is 2.29 bits per heavy atom. The molecule has 5 heteroatoms. The number of aliphatic carboxylic acids is 1. The third-order valence-corrected chi connectivity index (χ3v) is 2.86. The first-order chi connectivity index (χ1) is 8.10. The zero-order valence-corrected chi connectivity index (χ0v) is 12.0. The number of hydrogen-bond acceptors (Lipinski definition) is 2. The summed E-state index contributed by atoms with van der Waals surface area (Å²) in [7, 11) is 0. The maximum absolute atomic E-state index is 10.4. The molecule has 0 saturated heterocycles. The van der Waals surface area contributed by atoms with Crippen molar-refractivity contribution in [2.24, 2.45) is 0 Å². The van der Waals surface area contributed by atoms with Crippen LogP contribution in [0.5, 0.6) is 0 Å². The van der Waals surface area contributed by atoms with Gasteiger partial charge in [0.1, 0.15) is 5.82 Å².